The van der Waals surface area contributed by atoms with Gasteiger partial charge in [-0.3, -0.25) is 4.99 Å². The topological polar surface area (TPSA) is 12.4 Å². The fraction of sp³-hybridized carbons (Fsp3) is 0.769. The molecule has 0 bridgehead atoms. The van der Waals surface area contributed by atoms with Crippen LogP contribution in [0.25, 0.3) is 0 Å². The molecule has 0 fully saturated rings. The molecule has 0 aromatic rings. The van der Waals surface area contributed by atoms with Crippen LogP contribution in [0.15, 0.2) is 17.3 Å². The Morgan fingerprint density at radius 3 is 2.21 bits per heavy atom. The van der Waals surface area contributed by atoms with E-state index in [9.17, 15) is 0 Å². The van der Waals surface area contributed by atoms with Gasteiger partial charge in [0.2, 0.25) is 0 Å². The van der Waals surface area contributed by atoms with Crippen molar-refractivity contribution in [2.75, 3.05) is 0 Å². The molecule has 2 atom stereocenters. The highest BCUT2D eigenvalue weighted by Gasteiger charge is 2.35. The minimum Gasteiger partial charge on any atom is -0.265 e. The Bertz CT molecular complexity index is 253. The molecule has 1 heterocycles. The summed E-state index contributed by atoms with van der Waals surface area (Å²) < 4.78 is 0. The summed E-state index contributed by atoms with van der Waals surface area (Å²) >= 11 is 0. The summed E-state index contributed by atoms with van der Waals surface area (Å²) in [6.07, 6.45) is 4.20. The Morgan fingerprint density at radius 1 is 1.29 bits per heavy atom. The lowest BCUT2D eigenvalue weighted by molar-refractivity contribution is 0.257. The summed E-state index contributed by atoms with van der Waals surface area (Å²) in [5.41, 5.74) is 1.68. The summed E-state index contributed by atoms with van der Waals surface area (Å²) in [5, 5.41) is 0. The maximum Gasteiger partial charge on any atom is 0.0246 e. The van der Waals surface area contributed by atoms with Crippen molar-refractivity contribution >= 4 is 5.71 Å². The van der Waals surface area contributed by atoms with Crippen LogP contribution in [0.4, 0.5) is 0 Å². The summed E-state index contributed by atoms with van der Waals surface area (Å²) in [6, 6.07) is 0. The predicted molar refractivity (Wildman–Crippen MR) is 63.5 cm³/mol. The monoisotopic (exact) mass is 193 g/mol. The molecule has 1 aliphatic heterocycles. The zero-order valence-corrected chi connectivity index (χ0v) is 10.3. The minimum absolute atomic E-state index is 0.313. The fourth-order valence-electron chi connectivity index (χ4n) is 2.47. The number of rotatable bonds is 1. The zero-order chi connectivity index (χ0) is 10.9. The van der Waals surface area contributed by atoms with Gasteiger partial charge in [-0.25, -0.2) is 0 Å². The van der Waals surface area contributed by atoms with E-state index in [0.29, 0.717) is 23.2 Å². The van der Waals surface area contributed by atoms with Gasteiger partial charge < -0.3 is 0 Å². The summed E-state index contributed by atoms with van der Waals surface area (Å²) in [7, 11) is 0. The van der Waals surface area contributed by atoms with Gasteiger partial charge in [0.05, 0.1) is 0 Å². The third kappa shape index (κ3) is 2.26. The smallest absolute Gasteiger partial charge is 0.0246 e. The molecule has 0 radical (unpaired) electrons. The number of hydrogen-bond acceptors (Lipinski definition) is 1. The van der Waals surface area contributed by atoms with Crippen LogP contribution in [0.2, 0.25) is 0 Å². The van der Waals surface area contributed by atoms with Crippen molar-refractivity contribution in [1.29, 1.82) is 0 Å². The van der Waals surface area contributed by atoms with Crippen LogP contribution in [-0.4, -0.2) is 5.71 Å². The average molecular weight is 193 g/mol. The molecule has 0 amide bonds. The quantitative estimate of drug-likeness (QED) is 0.598. The molecule has 0 aromatic carbocycles. The predicted octanol–water partition coefficient (Wildman–Crippen LogP) is 3.91. The average Bonchev–Trinajstić information content (AvgIpc) is 2.01. The number of allylic oxidation sites excluding steroid dienone is 1. The lowest BCUT2D eigenvalue weighted by Gasteiger charge is -2.38. The number of aliphatic imine (C=N–C) groups is 1. The first kappa shape index (κ1) is 11.5. The highest BCUT2D eigenvalue weighted by molar-refractivity contribution is 5.90. The van der Waals surface area contributed by atoms with E-state index in [1.165, 1.54) is 5.71 Å². The minimum atomic E-state index is 0.313. The van der Waals surface area contributed by atoms with Gasteiger partial charge in [-0.2, -0.15) is 0 Å². The first-order chi connectivity index (χ1) is 6.34. The molecule has 1 nitrogen and oxygen atoms in total. The second-order valence-corrected chi connectivity index (χ2v) is 5.75. The molecule has 80 valence electrons. The van der Waals surface area contributed by atoms with Crippen LogP contribution >= 0.6 is 0 Å². The van der Waals surface area contributed by atoms with Crippen LogP contribution in [0.3, 0.4) is 0 Å². The van der Waals surface area contributed by atoms with Gasteiger partial charge in [0.25, 0.3) is 0 Å². The molecule has 1 heteroatoms. The molecular weight excluding hydrogens is 170 g/mol. The summed E-state index contributed by atoms with van der Waals surface area (Å²) in [6.45, 7) is 13.7. The molecule has 0 spiro atoms. The van der Waals surface area contributed by atoms with E-state index in [1.807, 2.05) is 6.20 Å². The third-order valence-electron chi connectivity index (χ3n) is 2.98. The number of hydrogen-bond donors (Lipinski definition) is 0. The molecule has 1 aliphatic rings. The van der Waals surface area contributed by atoms with E-state index < -0.39 is 0 Å². The molecule has 0 saturated heterocycles. The van der Waals surface area contributed by atoms with Crippen LogP contribution in [0, 0.1) is 23.2 Å². The van der Waals surface area contributed by atoms with Crippen molar-refractivity contribution in [2.45, 2.75) is 41.5 Å². The van der Waals surface area contributed by atoms with Gasteiger partial charge >= 0.3 is 0 Å². The zero-order valence-electron chi connectivity index (χ0n) is 10.3. The Balaban J connectivity index is 3.01. The maximum atomic E-state index is 4.56. The second-order valence-electron chi connectivity index (χ2n) is 5.75. The maximum absolute atomic E-state index is 4.56. The Kier molecular flexibility index (Phi) is 3.18. The standard InChI is InChI=1S/C13H23N/c1-9(2)12-11(13(4,5)6)10(3)7-8-14-12/h7-11H,1-6H3. The molecule has 14 heavy (non-hydrogen) atoms. The van der Waals surface area contributed by atoms with Gasteiger partial charge in [0.15, 0.2) is 0 Å². The molecule has 0 aliphatic carbocycles. The van der Waals surface area contributed by atoms with Crippen LogP contribution < -0.4 is 0 Å². The molecule has 0 saturated carbocycles. The lowest BCUT2D eigenvalue weighted by Crippen LogP contribution is -2.37. The Labute approximate surface area is 88.3 Å². The molecule has 0 aromatic heterocycles. The third-order valence-corrected chi connectivity index (χ3v) is 2.98. The van der Waals surface area contributed by atoms with Gasteiger partial charge in [0, 0.05) is 17.8 Å². The Morgan fingerprint density at radius 2 is 1.86 bits per heavy atom. The summed E-state index contributed by atoms with van der Waals surface area (Å²) in [4.78, 5) is 4.56. The normalized spacial score (nSPS) is 28.1. The van der Waals surface area contributed by atoms with E-state index >= 15 is 0 Å². The first-order valence-electron chi connectivity index (χ1n) is 5.58. The lowest BCUT2D eigenvalue weighted by atomic mass is 9.68. The van der Waals surface area contributed by atoms with Crippen molar-refractivity contribution in [3.05, 3.63) is 12.3 Å². The number of nitrogens with zero attached hydrogens (tertiary/aromatic N) is 1. The van der Waals surface area contributed by atoms with Gasteiger partial charge in [0.1, 0.15) is 0 Å². The van der Waals surface area contributed by atoms with Crippen molar-refractivity contribution < 1.29 is 0 Å². The van der Waals surface area contributed by atoms with Crippen molar-refractivity contribution in [3.8, 4) is 0 Å². The van der Waals surface area contributed by atoms with Crippen LogP contribution in [0.5, 0.6) is 0 Å². The van der Waals surface area contributed by atoms with Crippen LogP contribution in [0.1, 0.15) is 41.5 Å². The van der Waals surface area contributed by atoms with Crippen molar-refractivity contribution in [2.24, 2.45) is 28.2 Å². The largest absolute Gasteiger partial charge is 0.265 e. The highest BCUT2D eigenvalue weighted by atomic mass is 14.7. The molecule has 2 unspecified atom stereocenters. The van der Waals surface area contributed by atoms with Gasteiger partial charge in [-0.05, 0) is 17.3 Å². The molecule has 0 N–H and O–H groups in total. The first-order valence-corrected chi connectivity index (χ1v) is 5.58. The fourth-order valence-corrected chi connectivity index (χ4v) is 2.47. The second kappa shape index (κ2) is 3.88. The van der Waals surface area contributed by atoms with Crippen LogP contribution in [-0.2, 0) is 0 Å². The highest BCUT2D eigenvalue weighted by Crippen LogP contribution is 2.37. The summed E-state index contributed by atoms with van der Waals surface area (Å²) in [5.74, 6) is 1.77. The van der Waals surface area contributed by atoms with E-state index in [0.717, 1.165) is 0 Å². The molecule has 1 rings (SSSR count). The van der Waals surface area contributed by atoms with E-state index in [1.54, 1.807) is 0 Å². The van der Waals surface area contributed by atoms with E-state index in [-0.39, 0.29) is 0 Å². The van der Waals surface area contributed by atoms with Crippen molar-refractivity contribution in [3.63, 3.8) is 0 Å². The van der Waals surface area contributed by atoms with Crippen molar-refractivity contribution in [1.82, 2.24) is 0 Å². The molecular formula is C13H23N. The SMILES string of the molecule is CC(C)C1=NC=CC(C)C1C(C)(C)C. The van der Waals surface area contributed by atoms with Gasteiger partial charge in [-0.15, -0.1) is 0 Å². The Hall–Kier alpha value is -0.590. The van der Waals surface area contributed by atoms with Gasteiger partial charge in [-0.1, -0.05) is 47.6 Å². The van der Waals surface area contributed by atoms with E-state index in [2.05, 4.69) is 52.6 Å². The van der Waals surface area contributed by atoms with E-state index in [4.69, 9.17) is 0 Å².